The summed E-state index contributed by atoms with van der Waals surface area (Å²) in [7, 11) is 0. The number of rotatable bonds is 13. The van der Waals surface area contributed by atoms with Crippen molar-refractivity contribution in [2.45, 2.75) is 91.2 Å². The van der Waals surface area contributed by atoms with E-state index in [-0.39, 0.29) is 38.5 Å². The SMILES string of the molecule is CCn1c(=O)cc([Se]CCCCCCOC(=O)C(C)(C)CCC(C)C)c2cccc(C(F)(F)F)c21. The fraction of sp³-hybridized carbons (Fsp3) is 0.630. The van der Waals surface area contributed by atoms with Gasteiger partial charge in [0.1, 0.15) is 0 Å². The molecule has 1 aromatic heterocycles. The fourth-order valence-corrected chi connectivity index (χ4v) is 6.18. The van der Waals surface area contributed by atoms with Crippen LogP contribution in [0, 0.1) is 11.3 Å². The van der Waals surface area contributed by atoms with Crippen LogP contribution in [0.25, 0.3) is 10.9 Å². The van der Waals surface area contributed by atoms with Gasteiger partial charge in [0.25, 0.3) is 0 Å². The molecule has 0 spiro atoms. The monoisotopic (exact) mass is 561 g/mol. The first kappa shape index (κ1) is 29.4. The van der Waals surface area contributed by atoms with Crippen molar-refractivity contribution in [3.63, 3.8) is 0 Å². The number of hydrogen-bond acceptors (Lipinski definition) is 3. The van der Waals surface area contributed by atoms with E-state index in [1.165, 1.54) is 16.7 Å². The van der Waals surface area contributed by atoms with Crippen LogP contribution in [-0.2, 0) is 22.3 Å². The zero-order valence-electron chi connectivity index (χ0n) is 21.5. The Morgan fingerprint density at radius 2 is 1.80 bits per heavy atom. The van der Waals surface area contributed by atoms with Crippen LogP contribution in [0.3, 0.4) is 0 Å². The molecule has 0 radical (unpaired) electrons. The van der Waals surface area contributed by atoms with Crippen LogP contribution < -0.4 is 10.0 Å². The average molecular weight is 561 g/mol. The van der Waals surface area contributed by atoms with Crippen LogP contribution in [0.1, 0.15) is 78.7 Å². The van der Waals surface area contributed by atoms with Gasteiger partial charge in [-0.3, -0.25) is 0 Å². The number of hydrogen-bond donors (Lipinski definition) is 0. The molecule has 8 heteroatoms. The van der Waals surface area contributed by atoms with Crippen molar-refractivity contribution in [1.29, 1.82) is 0 Å². The molecular formula is C27H38F3NO3Se. The molecule has 1 aromatic carbocycles. The summed E-state index contributed by atoms with van der Waals surface area (Å²) in [6.45, 7) is 10.4. The van der Waals surface area contributed by atoms with E-state index < -0.39 is 17.2 Å². The van der Waals surface area contributed by atoms with Gasteiger partial charge in [0, 0.05) is 0 Å². The van der Waals surface area contributed by atoms with Gasteiger partial charge >= 0.3 is 199 Å². The Labute approximate surface area is 212 Å². The summed E-state index contributed by atoms with van der Waals surface area (Å²) in [4.78, 5) is 24.9. The molecule has 0 aliphatic carbocycles. The number of pyridine rings is 1. The second-order valence-corrected chi connectivity index (χ2v) is 12.4. The van der Waals surface area contributed by atoms with Crippen molar-refractivity contribution < 1.29 is 22.7 Å². The molecule has 0 saturated heterocycles. The number of alkyl halides is 3. The first-order chi connectivity index (χ1) is 16.4. The molecule has 1 heterocycles. The molecule has 2 rings (SSSR count). The molecule has 0 aliphatic heterocycles. The van der Waals surface area contributed by atoms with Gasteiger partial charge in [-0.2, -0.15) is 0 Å². The zero-order chi connectivity index (χ0) is 26.2. The van der Waals surface area contributed by atoms with Crippen LogP contribution in [-0.4, -0.2) is 32.1 Å². The van der Waals surface area contributed by atoms with E-state index >= 15 is 0 Å². The van der Waals surface area contributed by atoms with E-state index in [2.05, 4.69) is 13.8 Å². The number of aryl methyl sites for hydroxylation is 1. The molecule has 0 amide bonds. The van der Waals surface area contributed by atoms with Gasteiger partial charge in [-0.25, -0.2) is 0 Å². The molecular weight excluding hydrogens is 522 g/mol. The second-order valence-electron chi connectivity index (χ2n) is 10.0. The fourth-order valence-electron chi connectivity index (χ4n) is 3.92. The number of carbonyl (C=O) groups is 1. The number of halogens is 3. The van der Waals surface area contributed by atoms with Gasteiger partial charge in [-0.05, 0) is 0 Å². The summed E-state index contributed by atoms with van der Waals surface area (Å²) < 4.78 is 48.2. The Balaban J connectivity index is 1.86. The van der Waals surface area contributed by atoms with Crippen LogP contribution in [0.15, 0.2) is 29.1 Å². The standard InChI is InChI=1S/C27H38F3NO3Se/c1-6-31-23(32)18-22(20-12-11-13-21(24(20)31)27(28,29)30)35-17-10-8-7-9-16-34-25(33)26(4,5)15-14-19(2)3/h11-13,18-19H,6-10,14-17H2,1-5H3. The third kappa shape index (κ3) is 8.38. The maximum absolute atomic E-state index is 13.6. The summed E-state index contributed by atoms with van der Waals surface area (Å²) in [6.07, 6.45) is 0.883. The summed E-state index contributed by atoms with van der Waals surface area (Å²) in [5.41, 5.74) is -1.61. The third-order valence-electron chi connectivity index (χ3n) is 6.14. The first-order valence-electron chi connectivity index (χ1n) is 12.4. The molecule has 0 bridgehead atoms. The number of unbranched alkanes of at least 4 members (excludes halogenated alkanes) is 3. The first-order valence-corrected chi connectivity index (χ1v) is 14.5. The minimum absolute atomic E-state index is 0.00925. The van der Waals surface area contributed by atoms with Crippen molar-refractivity contribution in [3.05, 3.63) is 40.2 Å². The molecule has 0 fully saturated rings. The number of ether oxygens (including phenoxy) is 1. The van der Waals surface area contributed by atoms with Crippen molar-refractivity contribution in [3.8, 4) is 0 Å². The molecule has 0 atom stereocenters. The van der Waals surface area contributed by atoms with Gasteiger partial charge < -0.3 is 0 Å². The Morgan fingerprint density at radius 3 is 2.43 bits per heavy atom. The third-order valence-corrected chi connectivity index (χ3v) is 8.54. The van der Waals surface area contributed by atoms with Gasteiger partial charge in [0.2, 0.25) is 0 Å². The Bertz CT molecular complexity index is 1040. The van der Waals surface area contributed by atoms with Crippen LogP contribution in [0.5, 0.6) is 0 Å². The quantitative estimate of drug-likeness (QED) is 0.163. The predicted octanol–water partition coefficient (Wildman–Crippen LogP) is 6.35. The summed E-state index contributed by atoms with van der Waals surface area (Å²) in [6, 6.07) is 5.65. The van der Waals surface area contributed by atoms with Crippen molar-refractivity contribution in [2.75, 3.05) is 6.61 Å². The van der Waals surface area contributed by atoms with E-state index in [0.717, 1.165) is 54.4 Å². The Morgan fingerprint density at radius 1 is 1.11 bits per heavy atom. The number of nitrogens with zero attached hydrogens (tertiary/aromatic N) is 1. The minimum atomic E-state index is -4.51. The van der Waals surface area contributed by atoms with Crippen molar-refractivity contribution in [2.24, 2.45) is 11.3 Å². The van der Waals surface area contributed by atoms with Crippen LogP contribution in [0.4, 0.5) is 13.2 Å². The van der Waals surface area contributed by atoms with Crippen LogP contribution >= 0.6 is 0 Å². The zero-order valence-corrected chi connectivity index (χ0v) is 23.2. The molecule has 0 aliphatic rings. The molecule has 35 heavy (non-hydrogen) atoms. The van der Waals surface area contributed by atoms with Crippen LogP contribution in [0.2, 0.25) is 5.32 Å². The number of esters is 1. The van der Waals surface area contributed by atoms with E-state index in [0.29, 0.717) is 17.9 Å². The molecule has 2 aromatic rings. The van der Waals surface area contributed by atoms with Crippen molar-refractivity contribution >= 4 is 36.3 Å². The average Bonchev–Trinajstić information content (AvgIpc) is 2.78. The van der Waals surface area contributed by atoms with E-state index in [4.69, 9.17) is 4.74 Å². The van der Waals surface area contributed by atoms with Crippen molar-refractivity contribution in [1.82, 2.24) is 4.57 Å². The van der Waals surface area contributed by atoms with E-state index in [1.54, 1.807) is 13.0 Å². The predicted molar refractivity (Wildman–Crippen MR) is 136 cm³/mol. The molecule has 0 unspecified atom stereocenters. The number of fused-ring (bicyclic) bond motifs is 1. The van der Waals surface area contributed by atoms with Gasteiger partial charge in [-0.15, -0.1) is 0 Å². The number of aromatic nitrogens is 1. The van der Waals surface area contributed by atoms with Gasteiger partial charge in [-0.1, -0.05) is 13.8 Å². The van der Waals surface area contributed by atoms with Gasteiger partial charge in [0.15, 0.2) is 0 Å². The van der Waals surface area contributed by atoms with E-state index in [9.17, 15) is 22.8 Å². The molecule has 0 N–H and O–H groups in total. The number of para-hydroxylation sites is 1. The Hall–Kier alpha value is -1.79. The summed E-state index contributed by atoms with van der Waals surface area (Å²) in [5, 5.41) is 1.36. The summed E-state index contributed by atoms with van der Waals surface area (Å²) in [5.74, 6) is 0.408. The molecule has 0 saturated carbocycles. The van der Waals surface area contributed by atoms with E-state index in [1.807, 2.05) is 13.8 Å². The topological polar surface area (TPSA) is 48.3 Å². The molecule has 196 valence electrons. The Kier molecular flexibility index (Phi) is 10.9. The number of benzene rings is 1. The number of carbonyl (C=O) groups excluding carboxylic acids is 1. The second kappa shape index (κ2) is 13.0. The normalized spacial score (nSPS) is 12.5. The van der Waals surface area contributed by atoms with Gasteiger partial charge in [0.05, 0.1) is 0 Å². The molecule has 4 nitrogen and oxygen atoms in total. The summed E-state index contributed by atoms with van der Waals surface area (Å²) >= 11 is -0.0959. The maximum atomic E-state index is 13.6.